The molecule has 130 valence electrons. The van der Waals surface area contributed by atoms with Crippen LogP contribution in [0.15, 0.2) is 53.0 Å². The minimum Gasteiger partial charge on any atom is -0.483 e. The zero-order valence-corrected chi connectivity index (χ0v) is 15.2. The number of para-hydroxylation sites is 3. The maximum absolute atomic E-state index is 12.7. The van der Waals surface area contributed by atoms with Gasteiger partial charge in [-0.3, -0.25) is 9.59 Å². The van der Waals surface area contributed by atoms with E-state index in [0.717, 1.165) is 4.47 Å². The topological polar surface area (TPSA) is 67.9 Å². The van der Waals surface area contributed by atoms with Gasteiger partial charge in [-0.05, 0) is 40.2 Å². The fraction of sp³-hybridized carbons (Fsp3) is 0.222. The molecule has 6 nitrogen and oxygen atoms in total. The van der Waals surface area contributed by atoms with Gasteiger partial charge in [0.1, 0.15) is 11.5 Å². The molecular weight excluding hydrogens is 388 g/mol. The number of fused-ring (bicyclic) bond motifs is 1. The number of carbonyl (C=O) groups excluding carboxylic acids is 2. The Labute approximate surface area is 153 Å². The number of nitrogens with one attached hydrogen (secondary N) is 1. The third-order valence-electron chi connectivity index (χ3n) is 3.80. The van der Waals surface area contributed by atoms with Crippen molar-refractivity contribution in [1.82, 2.24) is 5.32 Å². The number of hydrogen-bond donors (Lipinski definition) is 1. The average molecular weight is 405 g/mol. The van der Waals surface area contributed by atoms with Crippen molar-refractivity contribution in [2.45, 2.75) is 6.10 Å². The van der Waals surface area contributed by atoms with E-state index in [2.05, 4.69) is 21.2 Å². The number of likely N-dealkylation sites (N-methyl/N-ethyl adjacent to an activating group) is 1. The Hall–Kier alpha value is -2.54. The van der Waals surface area contributed by atoms with Crippen LogP contribution in [0.25, 0.3) is 0 Å². The number of halogens is 1. The van der Waals surface area contributed by atoms with E-state index in [0.29, 0.717) is 17.2 Å². The van der Waals surface area contributed by atoms with E-state index in [-0.39, 0.29) is 25.0 Å². The van der Waals surface area contributed by atoms with Crippen LogP contribution in [0.1, 0.15) is 0 Å². The molecule has 0 aromatic heterocycles. The summed E-state index contributed by atoms with van der Waals surface area (Å²) in [7, 11) is 1.54. The van der Waals surface area contributed by atoms with Gasteiger partial charge in [0.05, 0.1) is 16.7 Å². The fourth-order valence-electron chi connectivity index (χ4n) is 2.55. The van der Waals surface area contributed by atoms with Crippen molar-refractivity contribution in [2.75, 3.05) is 25.1 Å². The first-order chi connectivity index (χ1) is 12.1. The first kappa shape index (κ1) is 17.3. The summed E-state index contributed by atoms with van der Waals surface area (Å²) in [5, 5.41) is 2.55. The number of ether oxygens (including phenoxy) is 2. The van der Waals surface area contributed by atoms with Crippen LogP contribution in [-0.2, 0) is 9.59 Å². The first-order valence-electron chi connectivity index (χ1n) is 7.75. The molecule has 3 rings (SSSR count). The van der Waals surface area contributed by atoms with Crippen LogP contribution in [0.2, 0.25) is 0 Å². The Bertz CT molecular complexity index is 796. The van der Waals surface area contributed by atoms with E-state index < -0.39 is 6.10 Å². The highest BCUT2D eigenvalue weighted by molar-refractivity contribution is 9.10. The van der Waals surface area contributed by atoms with Crippen LogP contribution >= 0.6 is 15.9 Å². The van der Waals surface area contributed by atoms with Gasteiger partial charge in [0, 0.05) is 7.05 Å². The van der Waals surface area contributed by atoms with Crippen molar-refractivity contribution in [3.8, 4) is 11.5 Å². The van der Waals surface area contributed by atoms with Crippen LogP contribution < -0.4 is 19.7 Å². The zero-order valence-electron chi connectivity index (χ0n) is 13.6. The molecule has 2 amide bonds. The normalized spacial score (nSPS) is 15.8. The lowest BCUT2D eigenvalue weighted by atomic mass is 10.1. The summed E-state index contributed by atoms with van der Waals surface area (Å²) in [5.74, 6) is 0.552. The van der Waals surface area contributed by atoms with Gasteiger partial charge >= 0.3 is 0 Å². The summed E-state index contributed by atoms with van der Waals surface area (Å²) in [6, 6.07) is 14.4. The predicted octanol–water partition coefficient (Wildman–Crippen LogP) is 2.37. The highest BCUT2D eigenvalue weighted by atomic mass is 79.9. The summed E-state index contributed by atoms with van der Waals surface area (Å²) in [6.07, 6.45) is -0.757. The lowest BCUT2D eigenvalue weighted by Gasteiger charge is -2.33. The van der Waals surface area contributed by atoms with Gasteiger partial charge in [0.2, 0.25) is 0 Å². The fourth-order valence-corrected chi connectivity index (χ4v) is 2.95. The lowest BCUT2D eigenvalue weighted by molar-refractivity contribution is -0.128. The van der Waals surface area contributed by atoms with Gasteiger partial charge in [-0.15, -0.1) is 0 Å². The van der Waals surface area contributed by atoms with Gasteiger partial charge in [-0.25, -0.2) is 0 Å². The maximum Gasteiger partial charge on any atom is 0.265 e. The molecule has 0 fully saturated rings. The molecule has 1 aliphatic heterocycles. The monoisotopic (exact) mass is 404 g/mol. The Morgan fingerprint density at radius 2 is 1.96 bits per heavy atom. The molecule has 1 unspecified atom stereocenters. The second-order valence-electron chi connectivity index (χ2n) is 5.41. The number of amides is 2. The van der Waals surface area contributed by atoms with E-state index >= 15 is 0 Å². The summed E-state index contributed by atoms with van der Waals surface area (Å²) in [4.78, 5) is 26.2. The van der Waals surface area contributed by atoms with E-state index in [4.69, 9.17) is 9.47 Å². The highest BCUT2D eigenvalue weighted by Gasteiger charge is 2.33. The van der Waals surface area contributed by atoms with Crippen LogP contribution in [0.3, 0.4) is 0 Å². The number of benzene rings is 2. The van der Waals surface area contributed by atoms with Crippen molar-refractivity contribution in [1.29, 1.82) is 0 Å². The van der Waals surface area contributed by atoms with E-state index in [1.807, 2.05) is 24.3 Å². The predicted molar refractivity (Wildman–Crippen MR) is 96.9 cm³/mol. The molecule has 0 radical (unpaired) electrons. The van der Waals surface area contributed by atoms with Crippen molar-refractivity contribution in [2.24, 2.45) is 0 Å². The maximum atomic E-state index is 12.7. The molecule has 1 atom stereocenters. The Balaban J connectivity index is 1.78. The molecular formula is C18H17BrN2O4. The minimum atomic E-state index is -0.757. The Morgan fingerprint density at radius 1 is 1.24 bits per heavy atom. The summed E-state index contributed by atoms with van der Waals surface area (Å²) in [5.41, 5.74) is 0.628. The second kappa shape index (κ2) is 7.57. The largest absolute Gasteiger partial charge is 0.483 e. The van der Waals surface area contributed by atoms with Gasteiger partial charge in [-0.1, -0.05) is 24.3 Å². The molecule has 1 N–H and O–H groups in total. The molecule has 0 saturated carbocycles. The van der Waals surface area contributed by atoms with Crippen molar-refractivity contribution in [3.05, 3.63) is 53.0 Å². The van der Waals surface area contributed by atoms with Crippen molar-refractivity contribution >= 4 is 33.4 Å². The third kappa shape index (κ3) is 3.76. The molecule has 0 spiro atoms. The SMILES string of the molecule is CNC(=O)C1CN(C(=O)COc2ccccc2Br)c2ccccc2O1. The Kier molecular flexibility index (Phi) is 5.23. The van der Waals surface area contributed by atoms with E-state index in [1.165, 1.54) is 11.9 Å². The third-order valence-corrected chi connectivity index (χ3v) is 4.46. The standard InChI is InChI=1S/C18H17BrN2O4/c1-20-18(23)16-10-21(13-7-3-5-9-15(13)25-16)17(22)11-24-14-8-4-2-6-12(14)19/h2-9,16H,10-11H2,1H3,(H,20,23). The first-order valence-corrected chi connectivity index (χ1v) is 8.54. The lowest BCUT2D eigenvalue weighted by Crippen LogP contribution is -2.51. The van der Waals surface area contributed by atoms with Gasteiger partial charge in [0.15, 0.2) is 12.7 Å². The molecule has 1 heterocycles. The van der Waals surface area contributed by atoms with Crippen molar-refractivity contribution < 1.29 is 19.1 Å². The molecule has 25 heavy (non-hydrogen) atoms. The number of hydrogen-bond acceptors (Lipinski definition) is 4. The molecule has 0 saturated heterocycles. The molecule has 0 bridgehead atoms. The van der Waals surface area contributed by atoms with E-state index in [1.54, 1.807) is 24.3 Å². The second-order valence-corrected chi connectivity index (χ2v) is 6.27. The summed E-state index contributed by atoms with van der Waals surface area (Å²) >= 11 is 3.38. The van der Waals surface area contributed by atoms with Crippen molar-refractivity contribution in [3.63, 3.8) is 0 Å². The highest BCUT2D eigenvalue weighted by Crippen LogP contribution is 2.33. The smallest absolute Gasteiger partial charge is 0.265 e. The minimum absolute atomic E-state index is 0.134. The van der Waals surface area contributed by atoms with Gasteiger partial charge in [-0.2, -0.15) is 0 Å². The average Bonchev–Trinajstić information content (AvgIpc) is 2.65. The zero-order chi connectivity index (χ0) is 17.8. The van der Waals surface area contributed by atoms with Gasteiger partial charge in [0.25, 0.3) is 11.8 Å². The van der Waals surface area contributed by atoms with Crippen LogP contribution in [-0.4, -0.2) is 38.1 Å². The summed E-state index contributed by atoms with van der Waals surface area (Å²) in [6.45, 7) is -0.00769. The number of rotatable bonds is 4. The van der Waals surface area contributed by atoms with Gasteiger partial charge < -0.3 is 19.7 Å². The molecule has 0 aliphatic carbocycles. The molecule has 7 heteroatoms. The van der Waals surface area contributed by atoms with E-state index in [9.17, 15) is 9.59 Å². The number of nitrogens with zero attached hydrogens (tertiary/aromatic N) is 1. The molecule has 2 aromatic rings. The number of carbonyl (C=O) groups is 2. The quantitative estimate of drug-likeness (QED) is 0.849. The summed E-state index contributed by atoms with van der Waals surface area (Å²) < 4.78 is 12.1. The van der Waals surface area contributed by atoms with Crippen LogP contribution in [0.4, 0.5) is 5.69 Å². The Morgan fingerprint density at radius 3 is 2.72 bits per heavy atom. The van der Waals surface area contributed by atoms with Crippen LogP contribution in [0, 0.1) is 0 Å². The number of anilines is 1. The molecule has 1 aliphatic rings. The molecule has 2 aromatic carbocycles. The van der Waals surface area contributed by atoms with Crippen LogP contribution in [0.5, 0.6) is 11.5 Å².